The molecule has 3 aromatic rings. The number of carbonyl (C=O) groups excluding carboxylic acids is 1. The molecule has 184 valence electrons. The molecule has 1 amide bonds. The highest BCUT2D eigenvalue weighted by atomic mass is 32.2. The zero-order chi connectivity index (χ0) is 25.0. The third-order valence-electron chi connectivity index (χ3n) is 6.25. The fourth-order valence-corrected chi connectivity index (χ4v) is 5.35. The highest BCUT2D eigenvalue weighted by molar-refractivity contribution is 7.90. The lowest BCUT2D eigenvalue weighted by atomic mass is 9.98. The zero-order valence-corrected chi connectivity index (χ0v) is 21.0. The fourth-order valence-electron chi connectivity index (χ4n) is 4.01. The van der Waals surface area contributed by atoms with Gasteiger partial charge in [0.15, 0.2) is 0 Å². The van der Waals surface area contributed by atoms with Gasteiger partial charge in [-0.25, -0.2) is 4.98 Å². The van der Waals surface area contributed by atoms with E-state index in [0.717, 1.165) is 5.56 Å². The number of aromatic nitrogens is 1. The Morgan fingerprint density at radius 2 is 1.71 bits per heavy atom. The topological polar surface area (TPSA) is 94.6 Å². The average Bonchev–Trinajstić information content (AvgIpc) is 3.12. The Morgan fingerprint density at radius 3 is 2.31 bits per heavy atom. The highest BCUT2D eigenvalue weighted by Gasteiger charge is 2.34. The van der Waals surface area contributed by atoms with Gasteiger partial charge in [-0.1, -0.05) is 67.1 Å². The van der Waals surface area contributed by atoms with E-state index in [1.165, 1.54) is 25.9 Å². The molecule has 0 spiro atoms. The van der Waals surface area contributed by atoms with Crippen molar-refractivity contribution in [3.63, 3.8) is 0 Å². The number of hydrogen-bond acceptors (Lipinski definition) is 5. The number of nitrogens with one attached hydrogen (secondary N) is 2. The van der Waals surface area contributed by atoms with Crippen LogP contribution in [0.1, 0.15) is 35.6 Å². The van der Waals surface area contributed by atoms with Crippen LogP contribution in [0.2, 0.25) is 0 Å². The van der Waals surface area contributed by atoms with Crippen molar-refractivity contribution in [2.24, 2.45) is 0 Å². The summed E-state index contributed by atoms with van der Waals surface area (Å²) >= 11 is 0. The number of amides is 1. The predicted octanol–water partition coefficient (Wildman–Crippen LogP) is 3.46. The first-order chi connectivity index (χ1) is 16.8. The maximum Gasteiger partial charge on any atom is 0.303 e. The molecular weight excluding hydrogens is 462 g/mol. The van der Waals surface area contributed by atoms with Crippen LogP contribution in [0.25, 0.3) is 0 Å². The minimum absolute atomic E-state index is 0.215. The smallest absolute Gasteiger partial charge is 0.303 e. The number of likely N-dealkylation sites (N-methyl/N-ethyl adjacent to an activating group) is 1. The lowest BCUT2D eigenvalue weighted by Crippen LogP contribution is -2.35. The summed E-state index contributed by atoms with van der Waals surface area (Å²) in [6.45, 7) is 5.59. The number of pyridine rings is 1. The van der Waals surface area contributed by atoms with Crippen LogP contribution in [0.15, 0.2) is 72.9 Å². The second-order valence-corrected chi connectivity index (χ2v) is 10.8. The Hall–Kier alpha value is -3.27. The van der Waals surface area contributed by atoms with E-state index in [9.17, 15) is 13.2 Å². The van der Waals surface area contributed by atoms with Crippen molar-refractivity contribution < 1.29 is 13.2 Å². The van der Waals surface area contributed by atoms with Gasteiger partial charge in [0.1, 0.15) is 11.9 Å². The summed E-state index contributed by atoms with van der Waals surface area (Å²) in [5.41, 5.74) is 3.74. The first-order valence-electron chi connectivity index (χ1n) is 11.6. The van der Waals surface area contributed by atoms with Crippen LogP contribution in [0.4, 0.5) is 11.5 Å². The van der Waals surface area contributed by atoms with Gasteiger partial charge in [0.25, 0.3) is 0 Å². The minimum atomic E-state index is -3.52. The number of hydrogen-bond donors (Lipinski definition) is 2. The van der Waals surface area contributed by atoms with Gasteiger partial charge < -0.3 is 10.6 Å². The molecule has 1 unspecified atom stereocenters. The quantitative estimate of drug-likeness (QED) is 0.501. The molecular formula is C26H31N5O3S. The number of aryl methyl sites for hydroxylation is 1. The first-order valence-corrected chi connectivity index (χ1v) is 13.0. The Balaban J connectivity index is 1.46. The molecule has 0 radical (unpaired) electrons. The van der Waals surface area contributed by atoms with Crippen LogP contribution >= 0.6 is 0 Å². The van der Waals surface area contributed by atoms with Gasteiger partial charge in [-0.3, -0.25) is 9.10 Å². The van der Waals surface area contributed by atoms with Crippen LogP contribution in [-0.4, -0.2) is 50.3 Å². The molecule has 1 aliphatic rings. The lowest BCUT2D eigenvalue weighted by molar-refractivity contribution is -0.118. The van der Waals surface area contributed by atoms with Gasteiger partial charge in [-0.2, -0.15) is 12.7 Å². The third-order valence-corrected chi connectivity index (χ3v) is 8.17. The van der Waals surface area contributed by atoms with E-state index in [2.05, 4.69) is 53.7 Å². The van der Waals surface area contributed by atoms with Crippen LogP contribution in [0.3, 0.4) is 0 Å². The third kappa shape index (κ3) is 5.70. The molecule has 1 aliphatic heterocycles. The van der Waals surface area contributed by atoms with Crippen molar-refractivity contribution in [2.75, 3.05) is 36.3 Å². The van der Waals surface area contributed by atoms with Gasteiger partial charge >= 0.3 is 10.2 Å². The second kappa shape index (κ2) is 10.6. The van der Waals surface area contributed by atoms with Crippen LogP contribution in [0.5, 0.6) is 0 Å². The molecule has 35 heavy (non-hydrogen) atoms. The maximum atomic E-state index is 13.3. The van der Waals surface area contributed by atoms with E-state index in [-0.39, 0.29) is 11.8 Å². The van der Waals surface area contributed by atoms with Crippen molar-refractivity contribution in [3.8, 4) is 0 Å². The van der Waals surface area contributed by atoms with Crippen molar-refractivity contribution in [1.82, 2.24) is 14.6 Å². The largest absolute Gasteiger partial charge is 0.309 e. The number of benzene rings is 2. The van der Waals surface area contributed by atoms with Crippen LogP contribution in [-0.2, 0) is 15.0 Å². The summed E-state index contributed by atoms with van der Waals surface area (Å²) in [7, 11) is -1.97. The Kier molecular flexibility index (Phi) is 7.49. The van der Waals surface area contributed by atoms with E-state index in [4.69, 9.17) is 0 Å². The van der Waals surface area contributed by atoms with Crippen LogP contribution < -0.4 is 14.9 Å². The van der Waals surface area contributed by atoms with E-state index < -0.39 is 16.3 Å². The maximum absolute atomic E-state index is 13.3. The molecule has 2 N–H and O–H groups in total. The fraction of sp³-hybridized carbons (Fsp3) is 0.308. The van der Waals surface area contributed by atoms with E-state index in [1.54, 1.807) is 19.2 Å². The number of rotatable bonds is 8. The standard InChI is InChI=1S/C26H31N5O3S/c1-19-9-11-21(12-10-19)20(2)17-28-25(22-7-5-4-6-8-22)26(32)29-24-14-13-23(18-27-24)31-16-15-30(3)35(31,33)34/h4-14,18,20,25,28H,15-17H2,1-3H3,(H,27,29,32)/t20?,25-/m0/s1. The molecule has 4 rings (SSSR count). The van der Waals surface area contributed by atoms with Crippen molar-refractivity contribution >= 4 is 27.6 Å². The minimum Gasteiger partial charge on any atom is -0.309 e. The molecule has 0 bridgehead atoms. The van der Waals surface area contributed by atoms with Crippen molar-refractivity contribution in [3.05, 3.63) is 89.6 Å². The first kappa shape index (κ1) is 24.8. The summed E-state index contributed by atoms with van der Waals surface area (Å²) in [6, 6.07) is 20.7. The van der Waals surface area contributed by atoms with E-state index >= 15 is 0 Å². The summed E-state index contributed by atoms with van der Waals surface area (Å²) in [5.74, 6) is 0.339. The summed E-state index contributed by atoms with van der Waals surface area (Å²) in [4.78, 5) is 17.6. The van der Waals surface area contributed by atoms with Gasteiger partial charge in [-0.05, 0) is 36.1 Å². The zero-order valence-electron chi connectivity index (χ0n) is 20.2. The van der Waals surface area contributed by atoms with Gasteiger partial charge in [-0.15, -0.1) is 0 Å². The molecule has 9 heteroatoms. The Bertz CT molecular complexity index is 1250. The molecule has 1 saturated heterocycles. The molecule has 2 atom stereocenters. The second-order valence-electron chi connectivity index (χ2n) is 8.86. The highest BCUT2D eigenvalue weighted by Crippen LogP contribution is 2.25. The van der Waals surface area contributed by atoms with E-state index in [1.807, 2.05) is 30.3 Å². The Labute approximate surface area is 207 Å². The van der Waals surface area contributed by atoms with Crippen LogP contribution in [0, 0.1) is 6.92 Å². The Morgan fingerprint density at radius 1 is 1.00 bits per heavy atom. The molecule has 1 aromatic heterocycles. The lowest BCUT2D eigenvalue weighted by Gasteiger charge is -2.22. The summed E-state index contributed by atoms with van der Waals surface area (Å²) in [5, 5.41) is 6.28. The molecule has 8 nitrogen and oxygen atoms in total. The van der Waals surface area contributed by atoms with Gasteiger partial charge in [0.05, 0.1) is 11.9 Å². The van der Waals surface area contributed by atoms with Crippen molar-refractivity contribution in [2.45, 2.75) is 25.8 Å². The molecule has 1 fully saturated rings. The average molecular weight is 494 g/mol. The predicted molar refractivity (Wildman–Crippen MR) is 139 cm³/mol. The van der Waals surface area contributed by atoms with Crippen molar-refractivity contribution in [1.29, 1.82) is 0 Å². The van der Waals surface area contributed by atoms with E-state index in [0.29, 0.717) is 31.1 Å². The molecule has 2 aromatic carbocycles. The molecule has 0 aliphatic carbocycles. The normalized spacial score (nSPS) is 17.2. The number of anilines is 2. The summed E-state index contributed by atoms with van der Waals surface area (Å²) < 4.78 is 27.4. The SMILES string of the molecule is Cc1ccc(C(C)CN[C@H](C(=O)Nc2ccc(N3CCN(C)S3(=O)=O)cn2)c2ccccc2)cc1. The monoisotopic (exact) mass is 493 g/mol. The number of carbonyl (C=O) groups is 1. The van der Waals surface area contributed by atoms with Gasteiger partial charge in [0.2, 0.25) is 5.91 Å². The number of nitrogens with zero attached hydrogens (tertiary/aromatic N) is 3. The van der Waals surface area contributed by atoms with Gasteiger partial charge in [0, 0.05) is 26.7 Å². The molecule has 2 heterocycles. The summed E-state index contributed by atoms with van der Waals surface area (Å²) in [6.07, 6.45) is 1.47. The molecule has 0 saturated carbocycles.